The summed E-state index contributed by atoms with van der Waals surface area (Å²) in [5.41, 5.74) is 15.6. The van der Waals surface area contributed by atoms with Crippen LogP contribution < -0.4 is 21.7 Å². The van der Waals surface area contributed by atoms with E-state index in [1.807, 2.05) is 24.0 Å². The third-order valence-electron chi connectivity index (χ3n) is 5.73. The van der Waals surface area contributed by atoms with Crippen LogP contribution in [0, 0.1) is 5.92 Å². The monoisotopic (exact) mass is 424 g/mol. The van der Waals surface area contributed by atoms with Gasteiger partial charge in [-0.15, -0.1) is 0 Å². The van der Waals surface area contributed by atoms with Gasteiger partial charge in [0.2, 0.25) is 5.88 Å². The lowest BCUT2D eigenvalue weighted by molar-refractivity contribution is 0.0785. The number of carbonyl (C=O) groups excluding carboxylic acids is 1. The quantitative estimate of drug-likeness (QED) is 0.488. The maximum Gasteiger partial charge on any atom is 0.263 e. The zero-order chi connectivity index (χ0) is 22.1. The van der Waals surface area contributed by atoms with Gasteiger partial charge in [-0.05, 0) is 24.1 Å². The number of nitrogens with zero attached hydrogens (tertiary/aromatic N) is 3. The number of aliphatic hydroxyl groups is 1. The van der Waals surface area contributed by atoms with Gasteiger partial charge in [-0.25, -0.2) is 0 Å². The average Bonchev–Trinajstić information content (AvgIpc) is 3.07. The van der Waals surface area contributed by atoms with Gasteiger partial charge in [0.15, 0.2) is 5.58 Å². The maximum atomic E-state index is 13.1. The van der Waals surface area contributed by atoms with Crippen molar-refractivity contribution in [3.63, 3.8) is 0 Å². The molecule has 9 heteroatoms. The third kappa shape index (κ3) is 4.06. The molecule has 9 nitrogen and oxygen atoms in total. The van der Waals surface area contributed by atoms with Gasteiger partial charge in [0, 0.05) is 37.4 Å². The lowest BCUT2D eigenvalue weighted by atomic mass is 9.92. The molecule has 3 atom stereocenters. The minimum Gasteiger partial charge on any atom is -0.438 e. The van der Waals surface area contributed by atoms with E-state index in [2.05, 4.69) is 22.2 Å². The molecule has 0 aliphatic carbocycles. The summed E-state index contributed by atoms with van der Waals surface area (Å²) in [6.45, 7) is 5.12. The first-order chi connectivity index (χ1) is 14.9. The Hall–Kier alpha value is -3.17. The Labute approximate surface area is 180 Å². The largest absolute Gasteiger partial charge is 0.438 e. The second kappa shape index (κ2) is 8.52. The first-order valence-corrected chi connectivity index (χ1v) is 10.5. The van der Waals surface area contributed by atoms with Gasteiger partial charge in [0.05, 0.1) is 23.7 Å². The molecular formula is C22H28N6O3. The topological polar surface area (TPSA) is 144 Å². The molecule has 164 valence electrons. The Morgan fingerprint density at radius 1 is 1.39 bits per heavy atom. The Bertz CT molecular complexity index is 1090. The fourth-order valence-corrected chi connectivity index (χ4v) is 4.14. The molecule has 0 bridgehead atoms. The molecule has 4 heterocycles. The normalized spacial score (nSPS) is 21.4. The van der Waals surface area contributed by atoms with Crippen molar-refractivity contribution in [3.8, 4) is 0 Å². The highest BCUT2D eigenvalue weighted by Crippen LogP contribution is 2.32. The van der Waals surface area contributed by atoms with E-state index in [4.69, 9.17) is 15.9 Å². The van der Waals surface area contributed by atoms with Crippen molar-refractivity contribution >= 4 is 34.3 Å². The molecule has 0 radical (unpaired) electrons. The molecule has 4 rings (SSSR count). The molecule has 0 unspecified atom stereocenters. The van der Waals surface area contributed by atoms with E-state index in [1.54, 1.807) is 18.6 Å². The van der Waals surface area contributed by atoms with Crippen LogP contribution in [0.3, 0.4) is 0 Å². The van der Waals surface area contributed by atoms with Gasteiger partial charge in [-0.1, -0.05) is 20.3 Å². The highest BCUT2D eigenvalue weighted by molar-refractivity contribution is 6.15. The van der Waals surface area contributed by atoms with E-state index in [1.165, 1.54) is 0 Å². The van der Waals surface area contributed by atoms with E-state index in [0.717, 1.165) is 24.1 Å². The smallest absolute Gasteiger partial charge is 0.263 e. The van der Waals surface area contributed by atoms with Gasteiger partial charge < -0.3 is 31.2 Å². The molecule has 1 fully saturated rings. The minimum absolute atomic E-state index is 0.00422. The van der Waals surface area contributed by atoms with Gasteiger partial charge >= 0.3 is 0 Å². The second-order valence-electron chi connectivity index (χ2n) is 8.17. The van der Waals surface area contributed by atoms with E-state index >= 15 is 0 Å². The predicted molar refractivity (Wildman–Crippen MR) is 120 cm³/mol. The van der Waals surface area contributed by atoms with E-state index < -0.39 is 12.0 Å². The number of furan rings is 1. The van der Waals surface area contributed by atoms with Crippen molar-refractivity contribution in [1.82, 2.24) is 9.97 Å². The second-order valence-corrected chi connectivity index (χ2v) is 8.17. The summed E-state index contributed by atoms with van der Waals surface area (Å²) in [5.74, 6) is -0.401. The summed E-state index contributed by atoms with van der Waals surface area (Å²) in [6.07, 6.45) is 6.28. The molecule has 0 aromatic carbocycles. The third-order valence-corrected chi connectivity index (χ3v) is 5.73. The number of amides is 1. The van der Waals surface area contributed by atoms with E-state index in [0.29, 0.717) is 29.9 Å². The first kappa shape index (κ1) is 21.1. The molecule has 1 amide bonds. The first-order valence-electron chi connectivity index (χ1n) is 10.5. The molecule has 1 aliphatic heterocycles. The van der Waals surface area contributed by atoms with Crippen molar-refractivity contribution in [3.05, 3.63) is 41.9 Å². The van der Waals surface area contributed by atoms with Crippen LogP contribution in [-0.4, -0.2) is 46.2 Å². The summed E-state index contributed by atoms with van der Waals surface area (Å²) >= 11 is 0. The number of nitrogens with two attached hydrogens (primary N) is 2. The molecule has 3 aromatic rings. The summed E-state index contributed by atoms with van der Waals surface area (Å²) in [6, 6.07) is 3.31. The highest BCUT2D eigenvalue weighted by atomic mass is 16.3. The Kier molecular flexibility index (Phi) is 5.79. The molecular weight excluding hydrogens is 396 g/mol. The van der Waals surface area contributed by atoms with Crippen molar-refractivity contribution < 1.29 is 14.3 Å². The summed E-state index contributed by atoms with van der Waals surface area (Å²) < 4.78 is 5.62. The van der Waals surface area contributed by atoms with Crippen molar-refractivity contribution in [2.75, 3.05) is 29.0 Å². The molecule has 1 aliphatic rings. The number of aromatic nitrogens is 2. The van der Waals surface area contributed by atoms with Gasteiger partial charge in [-0.2, -0.15) is 0 Å². The number of anilines is 3. The zero-order valence-corrected chi connectivity index (χ0v) is 17.7. The number of nitrogens with one attached hydrogen (secondary N) is 1. The van der Waals surface area contributed by atoms with Crippen LogP contribution in [0.2, 0.25) is 0 Å². The number of hydrogen-bond donors (Lipinski definition) is 4. The molecule has 1 saturated heterocycles. The number of nitrogen functional groups attached to an aromatic ring is 1. The lowest BCUT2D eigenvalue weighted by Gasteiger charge is -2.40. The summed E-state index contributed by atoms with van der Waals surface area (Å²) in [5, 5.41) is 13.1. The summed E-state index contributed by atoms with van der Waals surface area (Å²) in [7, 11) is 0. The Morgan fingerprint density at radius 2 is 2.19 bits per heavy atom. The number of aliphatic hydroxyl groups excluding tert-OH is 1. The van der Waals surface area contributed by atoms with E-state index in [-0.39, 0.29) is 23.4 Å². The molecule has 31 heavy (non-hydrogen) atoms. The fourth-order valence-electron chi connectivity index (χ4n) is 4.14. The van der Waals surface area contributed by atoms with E-state index in [9.17, 15) is 9.90 Å². The average molecular weight is 425 g/mol. The van der Waals surface area contributed by atoms with Crippen LogP contribution in [0.5, 0.6) is 0 Å². The Morgan fingerprint density at radius 3 is 2.94 bits per heavy atom. The van der Waals surface area contributed by atoms with Crippen molar-refractivity contribution in [2.24, 2.45) is 11.7 Å². The predicted octanol–water partition coefficient (Wildman–Crippen LogP) is 2.15. The highest BCUT2D eigenvalue weighted by Gasteiger charge is 2.32. The Balaban J connectivity index is 1.62. The molecule has 0 spiro atoms. The minimum atomic E-state index is -0.558. The number of fused-ring (bicyclic) bond motifs is 1. The van der Waals surface area contributed by atoms with Gasteiger partial charge in [0.25, 0.3) is 5.91 Å². The van der Waals surface area contributed by atoms with Crippen LogP contribution in [0.4, 0.5) is 17.3 Å². The number of carbonyl (C=O) groups is 1. The zero-order valence-electron chi connectivity index (χ0n) is 17.7. The van der Waals surface area contributed by atoms with Gasteiger partial charge in [-0.3, -0.25) is 14.8 Å². The number of rotatable bonds is 5. The number of aryl methyl sites for hydroxylation is 1. The maximum absolute atomic E-state index is 13.1. The van der Waals surface area contributed by atoms with Crippen molar-refractivity contribution in [2.45, 2.75) is 38.8 Å². The number of piperidine rings is 1. The number of pyridine rings is 2. The molecule has 6 N–H and O–H groups in total. The SMILES string of the molecule is CCCc1cnc2c(C(=O)Nc3cnccc3N3C[C@@H](N)[C@H](O)[C@@H](C)C3)c(N)oc2c1. The summed E-state index contributed by atoms with van der Waals surface area (Å²) in [4.78, 5) is 23.8. The van der Waals surface area contributed by atoms with Crippen LogP contribution in [0.1, 0.15) is 36.2 Å². The molecule has 3 aromatic heterocycles. The fraction of sp³-hybridized carbons (Fsp3) is 0.409. The number of hydrogen-bond acceptors (Lipinski definition) is 8. The van der Waals surface area contributed by atoms with Crippen molar-refractivity contribution in [1.29, 1.82) is 0 Å². The standard InChI is InChI=1S/C22H28N6O3/c1-3-4-13-7-17-19(26-8-13)18(21(24)31-17)22(30)27-15-9-25-6-5-16(15)28-10-12(2)20(29)14(23)11-28/h5-9,12,14,20,29H,3-4,10-11,23-24H2,1-2H3,(H,27,30)/t12-,14+,20+/m0/s1. The lowest BCUT2D eigenvalue weighted by Crippen LogP contribution is -2.55. The van der Waals surface area contributed by atoms with Crippen LogP contribution in [0.15, 0.2) is 35.1 Å². The van der Waals surface area contributed by atoms with Gasteiger partial charge in [0.1, 0.15) is 11.1 Å². The van der Waals surface area contributed by atoms with Crippen LogP contribution in [0.25, 0.3) is 11.1 Å². The van der Waals surface area contributed by atoms with Crippen LogP contribution >= 0.6 is 0 Å². The van der Waals surface area contributed by atoms with Crippen LogP contribution in [-0.2, 0) is 6.42 Å². The molecule has 0 saturated carbocycles.